The molecule has 0 fully saturated rings. The summed E-state index contributed by atoms with van der Waals surface area (Å²) < 4.78 is 5.34. The van der Waals surface area contributed by atoms with Crippen LogP contribution in [0.5, 0.6) is 5.75 Å². The first kappa shape index (κ1) is 22.6. The Morgan fingerprint density at radius 1 is 0.833 bits per heavy atom. The van der Waals surface area contributed by atoms with E-state index in [0.29, 0.717) is 18.4 Å². The molecule has 0 spiro atoms. The number of hydrogen-bond acceptors (Lipinski definition) is 1. The third-order valence-corrected chi connectivity index (χ3v) is 7.80. The Balaban J connectivity index is 0.000000200. The van der Waals surface area contributed by atoms with Crippen molar-refractivity contribution < 1.29 is 4.74 Å². The van der Waals surface area contributed by atoms with Crippen LogP contribution in [0.25, 0.3) is 29.9 Å². The predicted octanol–water partition coefficient (Wildman–Crippen LogP) is 7.29. The van der Waals surface area contributed by atoms with Crippen molar-refractivity contribution in [2.75, 3.05) is 6.61 Å². The number of ether oxygens (including phenoxy) is 1. The topological polar surface area (TPSA) is 9.23 Å². The van der Waals surface area contributed by atoms with Crippen LogP contribution in [0.15, 0.2) is 96.1 Å². The first-order valence-electron chi connectivity index (χ1n) is 13.0. The van der Waals surface area contributed by atoms with Crippen LogP contribution in [0.2, 0.25) is 0 Å². The van der Waals surface area contributed by atoms with Gasteiger partial charge in [0, 0.05) is 11.5 Å². The van der Waals surface area contributed by atoms with E-state index in [4.69, 9.17) is 4.74 Å². The van der Waals surface area contributed by atoms with Crippen molar-refractivity contribution in [3.8, 4) is 5.75 Å². The summed E-state index contributed by atoms with van der Waals surface area (Å²) >= 11 is 0. The van der Waals surface area contributed by atoms with E-state index in [0.717, 1.165) is 18.6 Å². The number of hydrogen-bond donors (Lipinski definition) is 0. The van der Waals surface area contributed by atoms with E-state index in [9.17, 15) is 0 Å². The average molecular weight is 469 g/mol. The highest BCUT2D eigenvalue weighted by molar-refractivity contribution is 5.83. The molecule has 1 heteroatoms. The summed E-state index contributed by atoms with van der Waals surface area (Å²) in [6.07, 6.45) is 18.4. The van der Waals surface area contributed by atoms with Crippen LogP contribution in [0.1, 0.15) is 54.9 Å². The van der Waals surface area contributed by atoms with Crippen molar-refractivity contribution in [3.63, 3.8) is 0 Å². The maximum Gasteiger partial charge on any atom is 0.126 e. The molecule has 0 N–H and O–H groups in total. The normalized spacial score (nSPS) is 20.7. The van der Waals surface area contributed by atoms with Gasteiger partial charge in [-0.05, 0) is 70.5 Å². The predicted molar refractivity (Wildman–Crippen MR) is 153 cm³/mol. The molecular formula is C35H32O. The molecule has 0 amide bonds. The number of para-hydroxylation sites is 1. The van der Waals surface area contributed by atoms with Crippen LogP contribution < -0.4 is 15.2 Å². The fourth-order valence-electron chi connectivity index (χ4n) is 5.64. The standard InChI is InChI=1S/C26H24.C9H8O/c1-17-14-21-9-12-24-23-11-8-20(19-6-4-3-5-7-19)16-22(23)10-13-25(24)26(21)15-18(17)2;1-2-6-9-8(4-1)5-3-7-10-9/h3-9,11-15,18,20H,10,16H2,1-2H3;1-6H,7H2/t18?,20-;/m0./s1. The van der Waals surface area contributed by atoms with Gasteiger partial charge in [-0.1, -0.05) is 115 Å². The van der Waals surface area contributed by atoms with Crippen molar-refractivity contribution in [3.05, 3.63) is 129 Å². The lowest BCUT2D eigenvalue weighted by molar-refractivity contribution is 0.358. The highest BCUT2D eigenvalue weighted by Gasteiger charge is 2.22. The number of rotatable bonds is 1. The molecule has 3 aromatic rings. The van der Waals surface area contributed by atoms with Gasteiger partial charge in [0.15, 0.2) is 0 Å². The van der Waals surface area contributed by atoms with Crippen molar-refractivity contribution in [1.29, 1.82) is 0 Å². The SMILES string of the molecule is C1=Cc2ccccc2OC1.CC1=Cc2ccc3c(c2=CC1C)=CCC1=C3C=C[C@H](c2ccccc2)C1. The minimum atomic E-state index is 0.514. The molecule has 0 saturated heterocycles. The summed E-state index contributed by atoms with van der Waals surface area (Å²) in [6, 6.07) is 23.6. The molecule has 7 rings (SSSR count). The summed E-state index contributed by atoms with van der Waals surface area (Å²) in [5.74, 6) is 2.03. The third-order valence-electron chi connectivity index (χ3n) is 7.80. The zero-order valence-corrected chi connectivity index (χ0v) is 21.1. The van der Waals surface area contributed by atoms with Gasteiger partial charge < -0.3 is 4.74 Å². The molecule has 0 aromatic heterocycles. The van der Waals surface area contributed by atoms with Crippen LogP contribution in [-0.4, -0.2) is 6.61 Å². The molecule has 3 aliphatic carbocycles. The van der Waals surface area contributed by atoms with E-state index < -0.39 is 0 Å². The molecule has 178 valence electrons. The lowest BCUT2D eigenvalue weighted by Crippen LogP contribution is -2.34. The highest BCUT2D eigenvalue weighted by atomic mass is 16.5. The summed E-state index contributed by atoms with van der Waals surface area (Å²) in [5.41, 5.74) is 9.90. The molecule has 0 bridgehead atoms. The van der Waals surface area contributed by atoms with E-state index >= 15 is 0 Å². The van der Waals surface area contributed by atoms with Gasteiger partial charge in [0.2, 0.25) is 0 Å². The van der Waals surface area contributed by atoms with Gasteiger partial charge in [-0.15, -0.1) is 0 Å². The maximum atomic E-state index is 5.34. The van der Waals surface area contributed by atoms with Gasteiger partial charge in [-0.25, -0.2) is 0 Å². The van der Waals surface area contributed by atoms with E-state index in [1.54, 1.807) is 5.57 Å². The van der Waals surface area contributed by atoms with Gasteiger partial charge in [0.25, 0.3) is 0 Å². The maximum absolute atomic E-state index is 5.34. The lowest BCUT2D eigenvalue weighted by Gasteiger charge is -2.26. The van der Waals surface area contributed by atoms with E-state index in [2.05, 4.69) is 92.8 Å². The first-order valence-corrected chi connectivity index (χ1v) is 13.0. The zero-order valence-electron chi connectivity index (χ0n) is 21.1. The molecule has 1 heterocycles. The molecule has 2 atom stereocenters. The summed E-state index contributed by atoms with van der Waals surface area (Å²) in [5, 5.41) is 2.88. The molecule has 0 saturated carbocycles. The van der Waals surface area contributed by atoms with Crippen molar-refractivity contribution in [1.82, 2.24) is 0 Å². The summed E-state index contributed by atoms with van der Waals surface area (Å²) in [4.78, 5) is 0. The second-order valence-electron chi connectivity index (χ2n) is 10.1. The van der Waals surface area contributed by atoms with Gasteiger partial charge in [-0.2, -0.15) is 0 Å². The average Bonchev–Trinajstić information content (AvgIpc) is 2.94. The Morgan fingerprint density at radius 2 is 1.67 bits per heavy atom. The quantitative estimate of drug-likeness (QED) is 0.364. The second-order valence-corrected chi connectivity index (χ2v) is 10.1. The monoisotopic (exact) mass is 468 g/mol. The first-order chi connectivity index (χ1) is 17.7. The van der Waals surface area contributed by atoms with Crippen LogP contribution in [0, 0.1) is 5.92 Å². The Morgan fingerprint density at radius 3 is 2.53 bits per heavy atom. The van der Waals surface area contributed by atoms with Crippen LogP contribution >= 0.6 is 0 Å². The molecule has 4 aliphatic rings. The fraction of sp³-hybridized carbons (Fsp3) is 0.200. The zero-order chi connectivity index (χ0) is 24.5. The Kier molecular flexibility index (Phi) is 6.07. The van der Waals surface area contributed by atoms with Gasteiger partial charge in [0.05, 0.1) is 0 Å². The molecule has 1 aliphatic heterocycles. The molecule has 3 aromatic carbocycles. The summed E-state index contributed by atoms with van der Waals surface area (Å²) in [7, 11) is 0. The van der Waals surface area contributed by atoms with E-state index in [1.165, 1.54) is 43.8 Å². The Labute approximate surface area is 214 Å². The molecule has 1 unspecified atom stereocenters. The Hall–Kier alpha value is -3.84. The van der Waals surface area contributed by atoms with Crippen LogP contribution in [0.3, 0.4) is 0 Å². The van der Waals surface area contributed by atoms with Crippen molar-refractivity contribution in [2.24, 2.45) is 5.92 Å². The van der Waals surface area contributed by atoms with Gasteiger partial charge in [-0.3, -0.25) is 0 Å². The van der Waals surface area contributed by atoms with Crippen molar-refractivity contribution in [2.45, 2.75) is 32.6 Å². The van der Waals surface area contributed by atoms with E-state index in [1.807, 2.05) is 30.3 Å². The largest absolute Gasteiger partial charge is 0.489 e. The van der Waals surface area contributed by atoms with Crippen molar-refractivity contribution >= 4 is 29.9 Å². The minimum absolute atomic E-state index is 0.514. The third kappa shape index (κ3) is 4.31. The number of benzene rings is 3. The van der Waals surface area contributed by atoms with Gasteiger partial charge in [0.1, 0.15) is 12.4 Å². The molecule has 0 radical (unpaired) electrons. The summed E-state index contributed by atoms with van der Waals surface area (Å²) in [6.45, 7) is 5.24. The number of fused-ring (bicyclic) bond motifs is 5. The fourth-order valence-corrected chi connectivity index (χ4v) is 5.64. The Bertz CT molecular complexity index is 1550. The molecule has 1 nitrogen and oxygen atoms in total. The molecular weight excluding hydrogens is 436 g/mol. The smallest absolute Gasteiger partial charge is 0.126 e. The minimum Gasteiger partial charge on any atom is -0.489 e. The van der Waals surface area contributed by atoms with Gasteiger partial charge >= 0.3 is 0 Å². The molecule has 36 heavy (non-hydrogen) atoms. The second kappa shape index (κ2) is 9.66. The van der Waals surface area contributed by atoms with E-state index in [-0.39, 0.29) is 0 Å². The highest BCUT2D eigenvalue weighted by Crippen LogP contribution is 2.37. The van der Waals surface area contributed by atoms with Crippen LogP contribution in [-0.2, 0) is 0 Å². The number of allylic oxidation sites excluding steroid dienone is 5. The van der Waals surface area contributed by atoms with Crippen LogP contribution in [0.4, 0.5) is 0 Å². The lowest BCUT2D eigenvalue weighted by atomic mass is 9.78.